The zero-order valence-corrected chi connectivity index (χ0v) is 67.1. The molecule has 0 bridgehead atoms. The second-order valence-corrected chi connectivity index (χ2v) is 32.8. The number of nitrogens with two attached hydrogens (primary N) is 1. The number of carbonyl (C=O) groups is 3. The molecule has 0 spiro atoms. The summed E-state index contributed by atoms with van der Waals surface area (Å²) in [5, 5.41) is 22.0. The second kappa shape index (κ2) is 36.9. The van der Waals surface area contributed by atoms with Crippen molar-refractivity contribution in [2.45, 2.75) is 83.1 Å². The first-order valence-corrected chi connectivity index (χ1v) is 40.0. The number of benzene rings is 4. The standard InChI is InChI=1S/C25H18F2N4O2S.C19H21BN2O4S.C18H13BrF2N2O2S.C13H9F2NO3.C5H6BrNS/c26-21-6-5-15(9-22(21)27)13-31-8-2-4-19(25(31)33)24(32)30-11-17-10-16(14-34-17)20-12-29-23-18(20)3-1-7-28-23;1-18(2)19(3,4)26-20(25-18)16-13-22(17-15(16)11-8-12-21-17)27(23,24)14-9-6-5-7-10-14;19-12-7-13(26-10-12)8-22-17(24)14-2-1-5-23(18(14)25)9-11-3-4-15(20)16(21)6-11;14-10-4-3-8(6-11(10)15)7-16-5-1-2-9(12(16)17)13(18)19;6-4-1-5(2-7)8-3-4/h1-10,12,14H,11,13H2,(H,28,29)(H,30,32);5-13H,1-4H3;1-7,10H,8-9H2,(H,22,24);1-6H,7H2,(H,18,19);1,3H,2,7H2. The first-order chi connectivity index (χ1) is 54.4. The summed E-state index contributed by atoms with van der Waals surface area (Å²) in [6.45, 7) is 9.11. The summed E-state index contributed by atoms with van der Waals surface area (Å²) in [5.74, 6) is -8.18. The van der Waals surface area contributed by atoms with Gasteiger partial charge in [-0.3, -0.25) is 24.0 Å². The highest BCUT2D eigenvalue weighted by molar-refractivity contribution is 9.10. The molecule has 21 nitrogen and oxygen atoms in total. The summed E-state index contributed by atoms with van der Waals surface area (Å²) >= 11 is 11.3. The fourth-order valence-electron chi connectivity index (χ4n) is 11.3. The molecule has 1 aliphatic heterocycles. The lowest BCUT2D eigenvalue weighted by Gasteiger charge is -2.32. The monoisotopic (exact) mass is 1750 g/mol. The van der Waals surface area contributed by atoms with Crippen LogP contribution in [0.5, 0.6) is 0 Å². The van der Waals surface area contributed by atoms with Crippen molar-refractivity contribution in [1.82, 2.24) is 43.3 Å². The predicted molar refractivity (Wildman–Crippen MR) is 434 cm³/mol. The number of aromatic nitrogens is 7. The van der Waals surface area contributed by atoms with Crippen molar-refractivity contribution in [3.8, 4) is 11.1 Å². The third-order valence-corrected chi connectivity index (χ3v) is 23.9. The number of thiophene rings is 3. The van der Waals surface area contributed by atoms with E-state index in [0.717, 1.165) is 81.8 Å². The van der Waals surface area contributed by atoms with Crippen LogP contribution in [0.1, 0.15) is 90.1 Å². The Morgan fingerprint density at radius 2 is 1.00 bits per heavy atom. The van der Waals surface area contributed by atoms with E-state index >= 15 is 0 Å². The van der Waals surface area contributed by atoms with Crippen LogP contribution in [0.4, 0.5) is 26.3 Å². The maximum absolute atomic E-state index is 13.5. The van der Waals surface area contributed by atoms with Gasteiger partial charge in [-0.05, 0) is 215 Å². The molecule has 0 atom stereocenters. The van der Waals surface area contributed by atoms with Gasteiger partial charge in [-0.15, -0.1) is 34.0 Å². The van der Waals surface area contributed by atoms with Crippen LogP contribution in [0.3, 0.4) is 0 Å². The van der Waals surface area contributed by atoms with Crippen LogP contribution in [0.15, 0.2) is 252 Å². The number of fused-ring (bicyclic) bond motifs is 2. The average Bonchev–Trinajstić information content (AvgIpc) is 1.58. The van der Waals surface area contributed by atoms with E-state index in [1.165, 1.54) is 102 Å². The first-order valence-electron chi connectivity index (χ1n) is 34.4. The zero-order valence-electron chi connectivity index (χ0n) is 60.6. The highest BCUT2D eigenvalue weighted by atomic mass is 79.9. The third kappa shape index (κ3) is 20.3. The molecule has 4 aromatic carbocycles. The Morgan fingerprint density at radius 1 is 0.553 bits per heavy atom. The number of rotatable bonds is 18. The molecule has 1 aliphatic rings. The fourth-order valence-corrected chi connectivity index (χ4v) is 16.2. The Kier molecular flexibility index (Phi) is 27.2. The molecule has 114 heavy (non-hydrogen) atoms. The number of pyridine rings is 5. The molecule has 1 fully saturated rings. The molecule has 0 unspecified atom stereocenters. The fraction of sp³-hybridized carbons (Fsp3) is 0.150. The highest BCUT2D eigenvalue weighted by Gasteiger charge is 2.53. The number of nitrogens with one attached hydrogen (secondary N) is 3. The zero-order chi connectivity index (χ0) is 81.8. The Bertz CT molecular complexity index is 6160. The number of carboxylic acid groups (broad SMARTS) is 1. The number of carbonyl (C=O) groups excluding carboxylic acids is 2. The van der Waals surface area contributed by atoms with Crippen LogP contribution in [-0.4, -0.2) is 82.3 Å². The van der Waals surface area contributed by atoms with Gasteiger partial charge in [0.1, 0.15) is 22.3 Å². The Balaban J connectivity index is 0.000000147. The largest absolute Gasteiger partial charge is 0.497 e. The number of hydrogen-bond acceptors (Lipinski definition) is 16. The Labute approximate surface area is 676 Å². The summed E-state index contributed by atoms with van der Waals surface area (Å²) in [7, 11) is -4.46. The lowest BCUT2D eigenvalue weighted by Crippen LogP contribution is -2.41. The van der Waals surface area contributed by atoms with E-state index in [9.17, 15) is 63.5 Å². The van der Waals surface area contributed by atoms with E-state index in [4.69, 9.17) is 20.1 Å². The minimum atomic E-state index is -3.79. The second-order valence-electron chi connectivity index (χ2n) is 26.2. The van der Waals surface area contributed by atoms with Gasteiger partial charge in [-0.25, -0.2) is 53.5 Å². The maximum atomic E-state index is 13.5. The van der Waals surface area contributed by atoms with Gasteiger partial charge in [0, 0.05) is 106 Å². The number of carboxylic acids is 1. The molecular formula is C80H67BBr2F6N10O11S4. The van der Waals surface area contributed by atoms with E-state index in [1.807, 2.05) is 86.4 Å². The molecule has 34 heteroatoms. The van der Waals surface area contributed by atoms with E-state index in [0.29, 0.717) is 46.3 Å². The molecule has 14 aromatic rings. The van der Waals surface area contributed by atoms with Crippen LogP contribution in [0, 0.1) is 34.9 Å². The first kappa shape index (κ1) is 84.0. The normalized spacial score (nSPS) is 12.7. The van der Waals surface area contributed by atoms with Gasteiger partial charge in [0.05, 0.1) is 48.8 Å². The molecule has 586 valence electrons. The maximum Gasteiger partial charge on any atom is 0.497 e. The van der Waals surface area contributed by atoms with Gasteiger partial charge in [0.15, 0.2) is 40.6 Å². The molecule has 10 aromatic heterocycles. The lowest BCUT2D eigenvalue weighted by molar-refractivity contribution is 0.00578. The summed E-state index contributed by atoms with van der Waals surface area (Å²) < 4.78 is 124. The van der Waals surface area contributed by atoms with Crippen LogP contribution >= 0.6 is 65.9 Å². The van der Waals surface area contributed by atoms with Gasteiger partial charge in [0.25, 0.3) is 38.5 Å². The smallest absolute Gasteiger partial charge is 0.477 e. The number of aromatic amines is 1. The predicted octanol–water partition coefficient (Wildman–Crippen LogP) is 15.1. The molecule has 0 aliphatic carbocycles. The van der Waals surface area contributed by atoms with Gasteiger partial charge >= 0.3 is 13.1 Å². The van der Waals surface area contributed by atoms with Crippen molar-refractivity contribution in [3.05, 3.63) is 346 Å². The molecule has 11 heterocycles. The lowest BCUT2D eigenvalue weighted by atomic mass is 9.79. The van der Waals surface area contributed by atoms with Gasteiger partial charge in [-0.1, -0.05) is 36.4 Å². The van der Waals surface area contributed by atoms with Gasteiger partial charge in [0.2, 0.25) is 0 Å². The van der Waals surface area contributed by atoms with Crippen LogP contribution in [0.25, 0.3) is 33.2 Å². The van der Waals surface area contributed by atoms with Crippen LogP contribution in [-0.2, 0) is 58.6 Å². The molecule has 6 N–H and O–H groups in total. The minimum Gasteiger partial charge on any atom is -0.477 e. The molecule has 1 saturated heterocycles. The minimum absolute atomic E-state index is 0.00861. The van der Waals surface area contributed by atoms with Crippen molar-refractivity contribution < 1.29 is 63.6 Å². The highest BCUT2D eigenvalue weighted by Crippen LogP contribution is 2.38. The molecule has 0 saturated carbocycles. The molecule has 2 amide bonds. The summed E-state index contributed by atoms with van der Waals surface area (Å²) in [6, 6.07) is 40.4. The molecular weight excluding hydrogens is 1690 g/mol. The summed E-state index contributed by atoms with van der Waals surface area (Å²) in [4.78, 5) is 88.0. The SMILES string of the molecule is CC1(C)OB(c2cn(S(=O)(=O)c3ccccc3)c3ncccc23)OC1(C)C.NCc1cc(Br)cs1.O=C(NCc1cc(-c2c[nH]c3ncccc23)cs1)c1cccn(Cc2ccc(F)c(F)c2)c1=O.O=C(NCc1cc(Br)cs1)c1cccn(Cc2ccc(F)c(F)c2)c1=O.O=C(O)c1cccn(Cc2ccc(F)c(F)c2)c1=O. The van der Waals surface area contributed by atoms with Crippen molar-refractivity contribution >= 4 is 128 Å². The van der Waals surface area contributed by atoms with E-state index in [-0.39, 0.29) is 47.8 Å². The van der Waals surface area contributed by atoms with Gasteiger partial charge < -0.3 is 49.5 Å². The van der Waals surface area contributed by atoms with E-state index < -0.39 is 97.7 Å². The van der Waals surface area contributed by atoms with E-state index in [1.54, 1.807) is 78.5 Å². The van der Waals surface area contributed by atoms with Crippen molar-refractivity contribution in [2.75, 3.05) is 0 Å². The molecule has 0 radical (unpaired) electrons. The van der Waals surface area contributed by atoms with Crippen molar-refractivity contribution in [2.24, 2.45) is 5.73 Å². The number of amides is 2. The summed E-state index contributed by atoms with van der Waals surface area (Å²) in [5.41, 5.74) is 7.26. The van der Waals surface area contributed by atoms with E-state index in [2.05, 4.69) is 57.4 Å². The van der Waals surface area contributed by atoms with Crippen LogP contribution in [0.2, 0.25) is 0 Å². The third-order valence-electron chi connectivity index (χ3n) is 17.9. The Hall–Kier alpha value is -10.9. The number of halogens is 8. The quantitative estimate of drug-likeness (QED) is 0.0394. The number of hydrogen-bond donors (Lipinski definition) is 5. The summed E-state index contributed by atoms with van der Waals surface area (Å²) in [6.07, 6.45) is 11.2. The number of nitrogens with zero attached hydrogens (tertiary/aromatic N) is 6. The Morgan fingerprint density at radius 3 is 1.46 bits per heavy atom. The number of H-pyrrole nitrogens is 1. The van der Waals surface area contributed by atoms with Crippen molar-refractivity contribution in [3.63, 3.8) is 0 Å². The topological polar surface area (TPSA) is 287 Å². The van der Waals surface area contributed by atoms with Crippen LogP contribution < -0.4 is 38.5 Å². The molecule has 15 rings (SSSR count). The van der Waals surface area contributed by atoms with Crippen molar-refractivity contribution in [1.29, 1.82) is 0 Å². The average molecular weight is 1760 g/mol. The van der Waals surface area contributed by atoms with Gasteiger partial charge in [-0.2, -0.15) is 0 Å². The number of aromatic carboxylic acids is 1.